The third kappa shape index (κ3) is 3.41. The number of rotatable bonds is 5. The van der Waals surface area contributed by atoms with Crippen LogP contribution in [0.1, 0.15) is 30.8 Å². The summed E-state index contributed by atoms with van der Waals surface area (Å²) in [5, 5.41) is 0. The van der Waals surface area contributed by atoms with E-state index in [1.165, 1.54) is 29.1 Å². The van der Waals surface area contributed by atoms with E-state index in [-0.39, 0.29) is 5.82 Å². The molecule has 0 unspecified atom stereocenters. The molecule has 0 fully saturated rings. The fourth-order valence-electron chi connectivity index (χ4n) is 3.66. The van der Waals surface area contributed by atoms with Crippen molar-refractivity contribution in [1.29, 1.82) is 0 Å². The molecule has 0 aliphatic heterocycles. The van der Waals surface area contributed by atoms with E-state index in [9.17, 15) is 9.18 Å². The fourth-order valence-corrected chi connectivity index (χ4v) is 4.11. The van der Waals surface area contributed by atoms with Gasteiger partial charge in [0.25, 0.3) is 0 Å². The SMILES string of the molecule is Cc1cc2c(n1CCN(C=O)c1cc(F)cc(Br)c1)CC(C)(C)C2. The Hall–Kier alpha value is -1.62. The van der Waals surface area contributed by atoms with Crippen molar-refractivity contribution >= 4 is 28.0 Å². The van der Waals surface area contributed by atoms with Crippen molar-refractivity contribution in [2.24, 2.45) is 5.41 Å². The molecule has 0 radical (unpaired) electrons. The molecule has 0 spiro atoms. The number of nitrogens with zero attached hydrogens (tertiary/aromatic N) is 2. The van der Waals surface area contributed by atoms with Gasteiger partial charge in [-0.25, -0.2) is 4.39 Å². The first-order valence-electron chi connectivity index (χ1n) is 8.15. The monoisotopic (exact) mass is 392 g/mol. The predicted molar refractivity (Wildman–Crippen MR) is 97.9 cm³/mol. The molecular formula is C19H22BrFN2O. The minimum Gasteiger partial charge on any atom is -0.347 e. The zero-order chi connectivity index (χ0) is 17.5. The molecule has 0 bridgehead atoms. The number of fused-ring (bicyclic) bond motifs is 1. The highest BCUT2D eigenvalue weighted by atomic mass is 79.9. The lowest BCUT2D eigenvalue weighted by atomic mass is 9.90. The van der Waals surface area contributed by atoms with Crippen LogP contribution in [0.3, 0.4) is 0 Å². The molecule has 1 amide bonds. The third-order valence-electron chi connectivity index (χ3n) is 4.69. The molecule has 1 aliphatic carbocycles. The van der Waals surface area contributed by atoms with Crippen LogP contribution in [0, 0.1) is 18.2 Å². The number of hydrogen-bond acceptors (Lipinski definition) is 1. The summed E-state index contributed by atoms with van der Waals surface area (Å²) in [5.41, 5.74) is 4.89. The van der Waals surface area contributed by atoms with Crippen LogP contribution in [0.15, 0.2) is 28.7 Å². The molecule has 1 aromatic heterocycles. The van der Waals surface area contributed by atoms with Crippen LogP contribution in [0.25, 0.3) is 0 Å². The zero-order valence-corrected chi connectivity index (χ0v) is 15.9. The van der Waals surface area contributed by atoms with Crippen LogP contribution in [-0.4, -0.2) is 17.5 Å². The first-order chi connectivity index (χ1) is 11.3. The van der Waals surface area contributed by atoms with Gasteiger partial charge in [0.15, 0.2) is 0 Å². The molecule has 1 aliphatic rings. The second-order valence-corrected chi connectivity index (χ2v) is 8.27. The van der Waals surface area contributed by atoms with Gasteiger partial charge in [-0.05, 0) is 55.0 Å². The Kier molecular flexibility index (Phi) is 4.56. The molecule has 24 heavy (non-hydrogen) atoms. The van der Waals surface area contributed by atoms with E-state index >= 15 is 0 Å². The Labute approximate surface area is 150 Å². The van der Waals surface area contributed by atoms with E-state index in [0.717, 1.165) is 19.3 Å². The van der Waals surface area contributed by atoms with Gasteiger partial charge in [-0.2, -0.15) is 0 Å². The number of aromatic nitrogens is 1. The van der Waals surface area contributed by atoms with Gasteiger partial charge in [-0.3, -0.25) is 4.79 Å². The Bertz CT molecular complexity index is 762. The van der Waals surface area contributed by atoms with Crippen molar-refractivity contribution in [3.8, 4) is 0 Å². The number of amides is 1. The zero-order valence-electron chi connectivity index (χ0n) is 14.3. The van der Waals surface area contributed by atoms with Crippen LogP contribution in [0.5, 0.6) is 0 Å². The van der Waals surface area contributed by atoms with Gasteiger partial charge in [0.05, 0.1) is 0 Å². The molecule has 1 heterocycles. The quantitative estimate of drug-likeness (QED) is 0.688. The topological polar surface area (TPSA) is 25.2 Å². The summed E-state index contributed by atoms with van der Waals surface area (Å²) in [6, 6.07) is 6.79. The van der Waals surface area contributed by atoms with E-state index in [1.54, 1.807) is 11.0 Å². The number of halogens is 2. The number of anilines is 1. The highest BCUT2D eigenvalue weighted by molar-refractivity contribution is 9.10. The minimum absolute atomic E-state index is 0.303. The summed E-state index contributed by atoms with van der Waals surface area (Å²) in [6.07, 6.45) is 2.93. The smallest absolute Gasteiger partial charge is 0.214 e. The largest absolute Gasteiger partial charge is 0.347 e. The van der Waals surface area contributed by atoms with Gasteiger partial charge >= 0.3 is 0 Å². The van der Waals surface area contributed by atoms with Crippen molar-refractivity contribution < 1.29 is 9.18 Å². The average molecular weight is 393 g/mol. The standard InChI is InChI=1S/C19H22BrFN2O/c1-13-6-14-10-19(2,3)11-18(14)23(13)5-4-22(12-24)17-8-15(20)7-16(21)9-17/h6-9,12H,4-5,10-11H2,1-3H3. The summed E-state index contributed by atoms with van der Waals surface area (Å²) >= 11 is 3.28. The van der Waals surface area contributed by atoms with Gasteiger partial charge in [-0.1, -0.05) is 29.8 Å². The molecule has 3 rings (SSSR count). The summed E-state index contributed by atoms with van der Waals surface area (Å²) in [6.45, 7) is 7.91. The first kappa shape index (κ1) is 17.2. The molecular weight excluding hydrogens is 371 g/mol. The van der Waals surface area contributed by atoms with Gasteiger partial charge in [0, 0.05) is 34.6 Å². The van der Waals surface area contributed by atoms with Crippen molar-refractivity contribution in [3.63, 3.8) is 0 Å². The molecule has 0 atom stereocenters. The first-order valence-corrected chi connectivity index (χ1v) is 8.94. The van der Waals surface area contributed by atoms with Gasteiger partial charge in [0.2, 0.25) is 6.41 Å². The van der Waals surface area contributed by atoms with Crippen LogP contribution < -0.4 is 4.90 Å². The van der Waals surface area contributed by atoms with E-state index < -0.39 is 0 Å². The van der Waals surface area contributed by atoms with E-state index in [2.05, 4.69) is 47.3 Å². The Morgan fingerprint density at radius 1 is 1.29 bits per heavy atom. The highest BCUT2D eigenvalue weighted by Gasteiger charge is 2.31. The van der Waals surface area contributed by atoms with Gasteiger partial charge in [0.1, 0.15) is 5.82 Å². The number of hydrogen-bond donors (Lipinski definition) is 0. The summed E-state index contributed by atoms with van der Waals surface area (Å²) < 4.78 is 16.5. The molecule has 0 saturated carbocycles. The lowest BCUT2D eigenvalue weighted by Gasteiger charge is -2.21. The predicted octanol–water partition coefficient (Wildman–Crippen LogP) is 4.49. The summed E-state index contributed by atoms with van der Waals surface area (Å²) in [7, 11) is 0. The minimum atomic E-state index is -0.356. The normalized spacial score (nSPS) is 15.4. The lowest BCUT2D eigenvalue weighted by Crippen LogP contribution is -2.27. The van der Waals surface area contributed by atoms with Crippen molar-refractivity contribution in [2.45, 2.75) is 40.2 Å². The number of aryl methyl sites for hydroxylation is 1. The average Bonchev–Trinajstić information content (AvgIpc) is 2.90. The van der Waals surface area contributed by atoms with Crippen LogP contribution >= 0.6 is 15.9 Å². The summed E-state index contributed by atoms with van der Waals surface area (Å²) in [5.74, 6) is -0.356. The van der Waals surface area contributed by atoms with Gasteiger partial charge < -0.3 is 9.47 Å². The molecule has 3 nitrogen and oxygen atoms in total. The molecule has 5 heteroatoms. The van der Waals surface area contributed by atoms with E-state index in [1.807, 2.05) is 0 Å². The maximum Gasteiger partial charge on any atom is 0.214 e. The Morgan fingerprint density at radius 3 is 2.71 bits per heavy atom. The van der Waals surface area contributed by atoms with Crippen LogP contribution in [0.2, 0.25) is 0 Å². The van der Waals surface area contributed by atoms with Gasteiger partial charge in [-0.15, -0.1) is 0 Å². The Morgan fingerprint density at radius 2 is 2.04 bits per heavy atom. The summed E-state index contributed by atoms with van der Waals surface area (Å²) in [4.78, 5) is 13.0. The van der Waals surface area contributed by atoms with E-state index in [4.69, 9.17) is 0 Å². The molecule has 0 N–H and O–H groups in total. The van der Waals surface area contributed by atoms with Crippen LogP contribution in [-0.2, 0) is 24.2 Å². The van der Waals surface area contributed by atoms with Crippen molar-refractivity contribution in [3.05, 3.63) is 51.5 Å². The van der Waals surface area contributed by atoms with E-state index in [0.29, 0.717) is 28.7 Å². The molecule has 1 aromatic carbocycles. The lowest BCUT2D eigenvalue weighted by molar-refractivity contribution is -0.107. The second kappa shape index (κ2) is 6.36. The maximum atomic E-state index is 13.6. The molecule has 0 saturated heterocycles. The Balaban J connectivity index is 1.79. The second-order valence-electron chi connectivity index (χ2n) is 7.35. The van der Waals surface area contributed by atoms with Crippen molar-refractivity contribution in [1.82, 2.24) is 4.57 Å². The number of benzene rings is 1. The number of carbonyl (C=O) groups excluding carboxylic acids is 1. The maximum absolute atomic E-state index is 13.6. The molecule has 128 valence electrons. The number of carbonyl (C=O) groups is 1. The molecule has 2 aromatic rings. The third-order valence-corrected chi connectivity index (χ3v) is 5.15. The fraction of sp³-hybridized carbons (Fsp3) is 0.421. The van der Waals surface area contributed by atoms with Crippen molar-refractivity contribution in [2.75, 3.05) is 11.4 Å². The highest BCUT2D eigenvalue weighted by Crippen LogP contribution is 2.37. The van der Waals surface area contributed by atoms with Crippen LogP contribution in [0.4, 0.5) is 10.1 Å².